The summed E-state index contributed by atoms with van der Waals surface area (Å²) in [7, 11) is 0. The molecule has 0 aliphatic heterocycles. The number of nitrogens with zero attached hydrogens (tertiary/aromatic N) is 3. The van der Waals surface area contributed by atoms with Crippen LogP contribution in [0.5, 0.6) is 0 Å². The predicted molar refractivity (Wildman–Crippen MR) is 90.2 cm³/mol. The minimum atomic E-state index is -0.160. The van der Waals surface area contributed by atoms with E-state index in [1.165, 1.54) is 17.8 Å². The number of aromatic nitrogens is 3. The van der Waals surface area contributed by atoms with E-state index in [2.05, 4.69) is 9.97 Å². The minimum absolute atomic E-state index is 0.138. The summed E-state index contributed by atoms with van der Waals surface area (Å²) in [5.41, 5.74) is 7.81. The van der Waals surface area contributed by atoms with Gasteiger partial charge in [-0.3, -0.25) is 9.36 Å². The van der Waals surface area contributed by atoms with Gasteiger partial charge >= 0.3 is 0 Å². The molecule has 0 spiro atoms. The molecule has 0 radical (unpaired) electrons. The first kappa shape index (κ1) is 14.6. The normalized spacial score (nSPS) is 12.5. The number of nitrogen functional groups attached to an aromatic ring is 1. The van der Waals surface area contributed by atoms with Crippen LogP contribution in [-0.4, -0.2) is 20.8 Å². The van der Waals surface area contributed by atoms with E-state index in [-0.39, 0.29) is 11.6 Å². The van der Waals surface area contributed by atoms with Gasteiger partial charge in [-0.1, -0.05) is 42.1 Å². The van der Waals surface area contributed by atoms with E-state index in [1.54, 1.807) is 10.8 Å². The summed E-state index contributed by atoms with van der Waals surface area (Å²) in [4.78, 5) is 21.2. The van der Waals surface area contributed by atoms with Crippen molar-refractivity contribution in [1.82, 2.24) is 14.5 Å². The van der Waals surface area contributed by atoms with E-state index in [1.807, 2.05) is 43.5 Å². The molecule has 0 saturated carbocycles. The van der Waals surface area contributed by atoms with Gasteiger partial charge in [0.15, 0.2) is 5.16 Å². The van der Waals surface area contributed by atoms with E-state index in [0.29, 0.717) is 21.9 Å². The SMILES string of the molecule is CSc1ncc2c(N)cc(=O)n([C@@H](C)c3ccccc3)c2n1. The molecular formula is C16H16N4OS. The first-order valence-electron chi connectivity index (χ1n) is 6.88. The van der Waals surface area contributed by atoms with Crippen molar-refractivity contribution in [1.29, 1.82) is 0 Å². The first-order valence-corrected chi connectivity index (χ1v) is 8.11. The van der Waals surface area contributed by atoms with Crippen LogP contribution < -0.4 is 11.3 Å². The lowest BCUT2D eigenvalue weighted by Crippen LogP contribution is -2.25. The summed E-state index contributed by atoms with van der Waals surface area (Å²) >= 11 is 1.43. The predicted octanol–water partition coefficient (Wildman–Crippen LogP) is 2.70. The van der Waals surface area contributed by atoms with Crippen LogP contribution in [0.2, 0.25) is 0 Å². The van der Waals surface area contributed by atoms with Crippen LogP contribution in [0.25, 0.3) is 11.0 Å². The standard InChI is InChI=1S/C16H16N4OS/c1-10(11-6-4-3-5-7-11)20-14(21)8-13(17)12-9-18-16(22-2)19-15(12)20/h3-10H,17H2,1-2H3/t10-/m0/s1. The van der Waals surface area contributed by atoms with Gasteiger partial charge in [0.2, 0.25) is 0 Å². The lowest BCUT2D eigenvalue weighted by atomic mass is 10.1. The van der Waals surface area contributed by atoms with Gasteiger partial charge in [0.1, 0.15) is 5.65 Å². The van der Waals surface area contributed by atoms with Crippen LogP contribution in [0.15, 0.2) is 52.5 Å². The highest BCUT2D eigenvalue weighted by Gasteiger charge is 2.16. The molecule has 5 nitrogen and oxygen atoms in total. The van der Waals surface area contributed by atoms with Crippen LogP contribution in [-0.2, 0) is 0 Å². The average molecular weight is 312 g/mol. The van der Waals surface area contributed by atoms with Gasteiger partial charge in [0.25, 0.3) is 5.56 Å². The van der Waals surface area contributed by atoms with Gasteiger partial charge in [0, 0.05) is 18.0 Å². The molecule has 2 heterocycles. The van der Waals surface area contributed by atoms with Crippen LogP contribution >= 0.6 is 11.8 Å². The second-order valence-corrected chi connectivity index (χ2v) is 5.76. The van der Waals surface area contributed by atoms with Crippen molar-refractivity contribution in [2.45, 2.75) is 18.1 Å². The van der Waals surface area contributed by atoms with Crippen molar-refractivity contribution in [3.8, 4) is 0 Å². The molecule has 2 N–H and O–H groups in total. The summed E-state index contributed by atoms with van der Waals surface area (Å²) in [6.07, 6.45) is 3.58. The second-order valence-electron chi connectivity index (χ2n) is 4.99. The molecule has 0 aliphatic rings. The summed E-state index contributed by atoms with van der Waals surface area (Å²) in [5, 5.41) is 1.31. The number of hydrogen-bond acceptors (Lipinski definition) is 5. The molecule has 0 saturated heterocycles. The molecule has 0 bridgehead atoms. The molecule has 0 fully saturated rings. The maximum absolute atomic E-state index is 12.5. The van der Waals surface area contributed by atoms with Gasteiger partial charge in [-0.15, -0.1) is 0 Å². The first-order chi connectivity index (χ1) is 10.6. The summed E-state index contributed by atoms with van der Waals surface area (Å²) in [5.74, 6) is 0. The number of rotatable bonds is 3. The fourth-order valence-electron chi connectivity index (χ4n) is 2.48. The Bertz CT molecular complexity index is 876. The maximum Gasteiger partial charge on any atom is 0.254 e. The summed E-state index contributed by atoms with van der Waals surface area (Å²) in [6.45, 7) is 1.98. The van der Waals surface area contributed by atoms with Crippen molar-refractivity contribution >= 4 is 28.5 Å². The number of fused-ring (bicyclic) bond motifs is 1. The van der Waals surface area contributed by atoms with Crippen molar-refractivity contribution in [2.24, 2.45) is 0 Å². The molecule has 2 aromatic heterocycles. The zero-order chi connectivity index (χ0) is 15.7. The fourth-order valence-corrected chi connectivity index (χ4v) is 2.82. The molecule has 6 heteroatoms. The molecule has 0 aliphatic carbocycles. The van der Waals surface area contributed by atoms with Gasteiger partial charge < -0.3 is 5.73 Å². The van der Waals surface area contributed by atoms with Crippen LogP contribution in [0.1, 0.15) is 18.5 Å². The number of benzene rings is 1. The number of hydrogen-bond donors (Lipinski definition) is 1. The Morgan fingerprint density at radius 2 is 2.00 bits per heavy atom. The highest BCUT2D eigenvalue weighted by atomic mass is 32.2. The second kappa shape index (κ2) is 5.81. The molecule has 3 aromatic rings. The number of anilines is 1. The van der Waals surface area contributed by atoms with Crippen LogP contribution in [0, 0.1) is 0 Å². The van der Waals surface area contributed by atoms with E-state index < -0.39 is 0 Å². The zero-order valence-corrected chi connectivity index (χ0v) is 13.2. The van der Waals surface area contributed by atoms with Crippen molar-refractivity contribution in [2.75, 3.05) is 12.0 Å². The lowest BCUT2D eigenvalue weighted by Gasteiger charge is -2.18. The largest absolute Gasteiger partial charge is 0.398 e. The van der Waals surface area contributed by atoms with Crippen molar-refractivity contribution < 1.29 is 0 Å². The lowest BCUT2D eigenvalue weighted by molar-refractivity contribution is 0.630. The molecule has 0 amide bonds. The third-order valence-corrected chi connectivity index (χ3v) is 4.22. The summed E-state index contributed by atoms with van der Waals surface area (Å²) in [6, 6.07) is 11.2. The third-order valence-electron chi connectivity index (χ3n) is 3.65. The Balaban J connectivity index is 2.30. The number of thioether (sulfide) groups is 1. The highest BCUT2D eigenvalue weighted by Crippen LogP contribution is 2.24. The number of nitrogens with two attached hydrogens (primary N) is 1. The van der Waals surface area contributed by atoms with Crippen molar-refractivity contribution in [3.05, 3.63) is 58.5 Å². The Morgan fingerprint density at radius 3 is 2.68 bits per heavy atom. The van der Waals surface area contributed by atoms with E-state index >= 15 is 0 Å². The monoisotopic (exact) mass is 312 g/mol. The Labute approximate surface area is 132 Å². The molecule has 1 atom stereocenters. The van der Waals surface area contributed by atoms with E-state index in [9.17, 15) is 4.79 Å². The minimum Gasteiger partial charge on any atom is -0.398 e. The Hall–Kier alpha value is -2.34. The number of pyridine rings is 1. The quantitative estimate of drug-likeness (QED) is 0.594. The van der Waals surface area contributed by atoms with Gasteiger partial charge in [0.05, 0.1) is 11.4 Å². The van der Waals surface area contributed by atoms with Gasteiger partial charge in [-0.25, -0.2) is 9.97 Å². The van der Waals surface area contributed by atoms with Crippen molar-refractivity contribution in [3.63, 3.8) is 0 Å². The molecule has 1 aromatic carbocycles. The molecule has 3 rings (SSSR count). The smallest absolute Gasteiger partial charge is 0.254 e. The van der Waals surface area contributed by atoms with Crippen LogP contribution in [0.4, 0.5) is 5.69 Å². The topological polar surface area (TPSA) is 73.8 Å². The Kier molecular flexibility index (Phi) is 3.85. The van der Waals surface area contributed by atoms with Gasteiger partial charge in [-0.05, 0) is 18.7 Å². The zero-order valence-electron chi connectivity index (χ0n) is 12.4. The molecular weight excluding hydrogens is 296 g/mol. The van der Waals surface area contributed by atoms with Gasteiger partial charge in [-0.2, -0.15) is 0 Å². The highest BCUT2D eigenvalue weighted by molar-refractivity contribution is 7.98. The molecule has 0 unspecified atom stereocenters. The van der Waals surface area contributed by atoms with E-state index in [4.69, 9.17) is 5.73 Å². The maximum atomic E-state index is 12.5. The van der Waals surface area contributed by atoms with Crippen LogP contribution in [0.3, 0.4) is 0 Å². The molecule has 112 valence electrons. The summed E-state index contributed by atoms with van der Waals surface area (Å²) < 4.78 is 1.67. The van der Waals surface area contributed by atoms with E-state index in [0.717, 1.165) is 5.56 Å². The average Bonchev–Trinajstić information content (AvgIpc) is 2.55. The Morgan fingerprint density at radius 1 is 1.27 bits per heavy atom. The third kappa shape index (κ3) is 2.46. The fraction of sp³-hybridized carbons (Fsp3) is 0.188. The molecule has 22 heavy (non-hydrogen) atoms.